The predicted octanol–water partition coefficient (Wildman–Crippen LogP) is 1.60. The number of unbranched alkanes of at least 4 members (excludes halogenated alkanes) is 2. The average molecular weight is 470 g/mol. The highest BCUT2D eigenvalue weighted by atomic mass is 32.2. The van der Waals surface area contributed by atoms with Gasteiger partial charge < -0.3 is 24.0 Å². The van der Waals surface area contributed by atoms with Crippen molar-refractivity contribution in [2.45, 2.75) is 37.0 Å². The van der Waals surface area contributed by atoms with Gasteiger partial charge in [0, 0.05) is 45.2 Å². The van der Waals surface area contributed by atoms with E-state index >= 15 is 0 Å². The Balaban J connectivity index is 1.35. The van der Waals surface area contributed by atoms with Gasteiger partial charge in [-0.1, -0.05) is 6.42 Å². The molecule has 0 spiro atoms. The Hall–Kier alpha value is -2.53. The van der Waals surface area contributed by atoms with E-state index in [1.807, 2.05) is 0 Å². The van der Waals surface area contributed by atoms with Crippen LogP contribution < -0.4 is 14.2 Å². The third-order valence-electron chi connectivity index (χ3n) is 5.46. The summed E-state index contributed by atoms with van der Waals surface area (Å²) in [6, 6.07) is 4.57. The maximum absolute atomic E-state index is 12.5. The number of carbonyl (C=O) groups is 2. The fraction of sp³-hybridized carbons (Fsp3) is 0.619. The van der Waals surface area contributed by atoms with Crippen molar-refractivity contribution in [2.75, 3.05) is 53.0 Å². The third-order valence-corrected chi connectivity index (χ3v) is 6.92. The maximum Gasteiger partial charge on any atom is 0.409 e. The minimum atomic E-state index is -3.64. The first kappa shape index (κ1) is 24.1. The Labute approximate surface area is 188 Å². The number of hydrogen-bond acceptors (Lipinski definition) is 7. The van der Waals surface area contributed by atoms with Gasteiger partial charge in [-0.2, -0.15) is 0 Å². The van der Waals surface area contributed by atoms with Gasteiger partial charge in [-0.15, -0.1) is 0 Å². The van der Waals surface area contributed by atoms with Crippen molar-refractivity contribution in [3.8, 4) is 11.5 Å². The second-order valence-electron chi connectivity index (χ2n) is 7.71. The number of sulfonamides is 1. The summed E-state index contributed by atoms with van der Waals surface area (Å²) in [7, 11) is -2.28. The molecule has 0 bridgehead atoms. The van der Waals surface area contributed by atoms with Crippen LogP contribution in [-0.2, 0) is 19.6 Å². The Bertz CT molecular complexity index is 907. The van der Waals surface area contributed by atoms with Crippen LogP contribution in [0.3, 0.4) is 0 Å². The Morgan fingerprint density at radius 3 is 2.50 bits per heavy atom. The number of amides is 2. The van der Waals surface area contributed by atoms with Gasteiger partial charge in [0.25, 0.3) is 0 Å². The first-order chi connectivity index (χ1) is 15.4. The number of nitrogens with one attached hydrogen (secondary N) is 1. The van der Waals surface area contributed by atoms with Gasteiger partial charge in [0.2, 0.25) is 15.9 Å². The lowest BCUT2D eigenvalue weighted by Gasteiger charge is -2.21. The SMILES string of the molecule is COC(=O)N1CCCN(C(=O)CCCCCNS(=O)(=O)c2ccc3c(c2)OCCO3)CC1. The van der Waals surface area contributed by atoms with E-state index in [9.17, 15) is 18.0 Å². The van der Waals surface area contributed by atoms with Crippen molar-refractivity contribution >= 4 is 22.0 Å². The third kappa shape index (κ3) is 6.49. The molecule has 2 aliphatic heterocycles. The lowest BCUT2D eigenvalue weighted by atomic mass is 10.2. The molecular weight excluding hydrogens is 438 g/mol. The summed E-state index contributed by atoms with van der Waals surface area (Å²) in [6.07, 6.45) is 2.82. The fourth-order valence-electron chi connectivity index (χ4n) is 3.70. The first-order valence-corrected chi connectivity index (χ1v) is 12.4. The van der Waals surface area contributed by atoms with Gasteiger partial charge in [-0.05, 0) is 31.4 Å². The lowest BCUT2D eigenvalue weighted by molar-refractivity contribution is -0.131. The number of hydrogen-bond donors (Lipinski definition) is 1. The lowest BCUT2D eigenvalue weighted by Crippen LogP contribution is -2.37. The molecule has 1 fully saturated rings. The largest absolute Gasteiger partial charge is 0.486 e. The van der Waals surface area contributed by atoms with Crippen molar-refractivity contribution < 1.29 is 32.2 Å². The molecule has 3 rings (SSSR count). The number of nitrogens with zero attached hydrogens (tertiary/aromatic N) is 2. The van der Waals surface area contributed by atoms with Crippen LogP contribution >= 0.6 is 0 Å². The van der Waals surface area contributed by atoms with Crippen molar-refractivity contribution in [1.29, 1.82) is 0 Å². The van der Waals surface area contributed by atoms with E-state index in [2.05, 4.69) is 4.72 Å². The van der Waals surface area contributed by atoms with Gasteiger partial charge in [0.15, 0.2) is 11.5 Å². The molecule has 0 saturated carbocycles. The molecule has 1 aromatic rings. The Morgan fingerprint density at radius 2 is 1.72 bits per heavy atom. The molecule has 1 aromatic carbocycles. The van der Waals surface area contributed by atoms with Gasteiger partial charge in [0.05, 0.1) is 12.0 Å². The highest BCUT2D eigenvalue weighted by molar-refractivity contribution is 7.89. The fourth-order valence-corrected chi connectivity index (χ4v) is 4.78. The highest BCUT2D eigenvalue weighted by Crippen LogP contribution is 2.32. The molecule has 2 aliphatic rings. The van der Waals surface area contributed by atoms with Gasteiger partial charge in [-0.3, -0.25) is 4.79 Å². The van der Waals surface area contributed by atoms with Crippen molar-refractivity contribution in [2.24, 2.45) is 0 Å². The van der Waals surface area contributed by atoms with Gasteiger partial charge in [0.1, 0.15) is 13.2 Å². The molecule has 10 nitrogen and oxygen atoms in total. The van der Waals surface area contributed by atoms with E-state index in [0.29, 0.717) is 76.7 Å². The molecule has 1 saturated heterocycles. The molecule has 0 aromatic heterocycles. The molecule has 1 N–H and O–H groups in total. The van der Waals surface area contributed by atoms with E-state index in [4.69, 9.17) is 14.2 Å². The van der Waals surface area contributed by atoms with Gasteiger partial charge in [-0.25, -0.2) is 17.9 Å². The van der Waals surface area contributed by atoms with Crippen LogP contribution in [0.2, 0.25) is 0 Å². The van der Waals surface area contributed by atoms with Gasteiger partial charge >= 0.3 is 6.09 Å². The van der Waals surface area contributed by atoms with E-state index < -0.39 is 10.0 Å². The molecule has 2 amide bonds. The zero-order chi connectivity index (χ0) is 23.0. The quantitative estimate of drug-likeness (QED) is 0.575. The highest BCUT2D eigenvalue weighted by Gasteiger charge is 2.22. The van der Waals surface area contributed by atoms with E-state index in [1.165, 1.54) is 19.2 Å². The smallest absolute Gasteiger partial charge is 0.409 e. The van der Waals surface area contributed by atoms with Crippen LogP contribution in [0.4, 0.5) is 4.79 Å². The molecule has 0 atom stereocenters. The normalized spacial score (nSPS) is 16.4. The number of benzene rings is 1. The van der Waals surface area contributed by atoms with Crippen LogP contribution in [0.25, 0.3) is 0 Å². The minimum absolute atomic E-state index is 0.0635. The van der Waals surface area contributed by atoms with E-state index in [-0.39, 0.29) is 16.9 Å². The molecular formula is C21H31N3O7S. The number of ether oxygens (including phenoxy) is 3. The van der Waals surface area contributed by atoms with Crippen LogP contribution in [0.15, 0.2) is 23.1 Å². The molecule has 0 unspecified atom stereocenters. The summed E-state index contributed by atoms with van der Waals surface area (Å²) < 4.78 is 43.2. The number of rotatable bonds is 8. The minimum Gasteiger partial charge on any atom is -0.486 e. The second-order valence-corrected chi connectivity index (χ2v) is 9.47. The molecule has 2 heterocycles. The summed E-state index contributed by atoms with van der Waals surface area (Å²) in [6.45, 7) is 3.32. The van der Waals surface area contributed by atoms with E-state index in [0.717, 1.165) is 12.8 Å². The molecule has 11 heteroatoms. The zero-order valence-electron chi connectivity index (χ0n) is 18.4. The van der Waals surface area contributed by atoms with Crippen LogP contribution in [0.5, 0.6) is 11.5 Å². The topological polar surface area (TPSA) is 114 Å². The zero-order valence-corrected chi connectivity index (χ0v) is 19.2. The summed E-state index contributed by atoms with van der Waals surface area (Å²) in [5.74, 6) is 1.04. The number of carbonyl (C=O) groups excluding carboxylic acids is 2. The Morgan fingerprint density at radius 1 is 1.00 bits per heavy atom. The van der Waals surface area contributed by atoms with Crippen molar-refractivity contribution in [1.82, 2.24) is 14.5 Å². The number of methoxy groups -OCH3 is 1. The maximum atomic E-state index is 12.5. The van der Waals surface area contributed by atoms with Crippen molar-refractivity contribution in [3.05, 3.63) is 18.2 Å². The standard InChI is InChI=1S/C21H31N3O7S/c1-29-21(26)24-11-5-10-23(12-13-24)20(25)6-3-2-4-9-22-32(27,28)17-7-8-18-19(16-17)31-15-14-30-18/h7-8,16,22H,2-6,9-15H2,1H3. The molecule has 178 valence electrons. The monoisotopic (exact) mass is 469 g/mol. The summed E-state index contributed by atoms with van der Waals surface area (Å²) in [5, 5.41) is 0. The summed E-state index contributed by atoms with van der Waals surface area (Å²) in [5.41, 5.74) is 0. The molecule has 0 radical (unpaired) electrons. The second kappa shape index (κ2) is 11.4. The van der Waals surface area contributed by atoms with Crippen LogP contribution in [0, 0.1) is 0 Å². The van der Waals surface area contributed by atoms with Crippen molar-refractivity contribution in [3.63, 3.8) is 0 Å². The van der Waals surface area contributed by atoms with Crippen LogP contribution in [0.1, 0.15) is 32.1 Å². The van der Waals surface area contributed by atoms with Crippen LogP contribution in [-0.4, -0.2) is 83.3 Å². The molecule has 0 aliphatic carbocycles. The summed E-state index contributed by atoms with van der Waals surface area (Å²) in [4.78, 5) is 27.6. The Kier molecular flexibility index (Phi) is 8.57. The molecule has 32 heavy (non-hydrogen) atoms. The first-order valence-electron chi connectivity index (χ1n) is 10.9. The summed E-state index contributed by atoms with van der Waals surface area (Å²) >= 11 is 0. The average Bonchev–Trinajstić information content (AvgIpc) is 3.06. The predicted molar refractivity (Wildman–Crippen MR) is 116 cm³/mol. The van der Waals surface area contributed by atoms with E-state index in [1.54, 1.807) is 15.9 Å². The number of fused-ring (bicyclic) bond motifs is 1.